The fourth-order valence-electron chi connectivity index (χ4n) is 5.36. The van der Waals surface area contributed by atoms with Crippen molar-refractivity contribution in [2.45, 2.75) is 12.6 Å². The highest BCUT2D eigenvalue weighted by atomic mass is 16.8. The van der Waals surface area contributed by atoms with Crippen LogP contribution in [0.3, 0.4) is 0 Å². The second-order valence-electron chi connectivity index (χ2n) is 8.71. The van der Waals surface area contributed by atoms with Gasteiger partial charge < -0.3 is 18.9 Å². The maximum absolute atomic E-state index is 6.50. The first kappa shape index (κ1) is 18.0. The van der Waals surface area contributed by atoms with Crippen LogP contribution >= 0.6 is 0 Å². The van der Waals surface area contributed by atoms with Crippen LogP contribution in [0.5, 0.6) is 23.0 Å². The molecule has 2 aliphatic rings. The van der Waals surface area contributed by atoms with Crippen LogP contribution in [-0.2, 0) is 0 Å². The summed E-state index contributed by atoms with van der Waals surface area (Å²) in [7, 11) is 0. The van der Waals surface area contributed by atoms with E-state index < -0.39 is 12.6 Å². The van der Waals surface area contributed by atoms with E-state index in [0.29, 0.717) is 23.0 Å². The summed E-state index contributed by atoms with van der Waals surface area (Å²) in [6.45, 7) is 0. The van der Waals surface area contributed by atoms with E-state index >= 15 is 0 Å². The summed E-state index contributed by atoms with van der Waals surface area (Å²) in [5.74, 6) is 2.75. The first-order valence-electron chi connectivity index (χ1n) is 11.4. The highest BCUT2D eigenvalue weighted by Gasteiger charge is 2.42. The van der Waals surface area contributed by atoms with Crippen molar-refractivity contribution in [2.75, 3.05) is 0 Å². The van der Waals surface area contributed by atoms with E-state index in [2.05, 4.69) is 48.5 Å². The summed E-state index contributed by atoms with van der Waals surface area (Å²) in [5, 5.41) is 8.44. The van der Waals surface area contributed by atoms with Gasteiger partial charge in [0.15, 0.2) is 23.0 Å². The molecule has 162 valence electrons. The maximum atomic E-state index is 6.50. The van der Waals surface area contributed by atoms with Crippen molar-refractivity contribution in [1.29, 1.82) is 0 Å². The van der Waals surface area contributed by atoms with Crippen molar-refractivity contribution in [2.24, 2.45) is 0 Å². The van der Waals surface area contributed by atoms with Gasteiger partial charge in [-0.15, -0.1) is 0 Å². The lowest BCUT2D eigenvalue weighted by Gasteiger charge is -2.38. The Morgan fingerprint density at radius 1 is 0.294 bits per heavy atom. The van der Waals surface area contributed by atoms with Crippen LogP contribution in [-0.4, -0.2) is 12.6 Å². The molecule has 0 unspecified atom stereocenters. The highest BCUT2D eigenvalue weighted by molar-refractivity contribution is 6.15. The van der Waals surface area contributed by atoms with Crippen LogP contribution in [0.1, 0.15) is 0 Å². The number of fused-ring (bicyclic) bond motifs is 13. The minimum atomic E-state index is -0.728. The molecule has 4 heteroatoms. The molecule has 34 heavy (non-hydrogen) atoms. The molecule has 6 aromatic rings. The van der Waals surface area contributed by atoms with Gasteiger partial charge in [0.1, 0.15) is 0 Å². The van der Waals surface area contributed by atoms with Crippen molar-refractivity contribution in [3.05, 3.63) is 97.1 Å². The van der Waals surface area contributed by atoms with Crippen molar-refractivity contribution in [3.8, 4) is 23.0 Å². The zero-order chi connectivity index (χ0) is 22.2. The lowest BCUT2D eigenvalue weighted by atomic mass is 9.99. The molecule has 0 radical (unpaired) electrons. The molecule has 6 aromatic carbocycles. The predicted octanol–water partition coefficient (Wildman–Crippen LogP) is 7.19. The average molecular weight is 442 g/mol. The van der Waals surface area contributed by atoms with Gasteiger partial charge in [0.2, 0.25) is 0 Å². The quantitative estimate of drug-likeness (QED) is 0.233. The van der Waals surface area contributed by atoms with Gasteiger partial charge in [0, 0.05) is 21.5 Å². The number of rotatable bonds is 0. The molecule has 0 aromatic heterocycles. The fourth-order valence-corrected chi connectivity index (χ4v) is 5.36. The van der Waals surface area contributed by atoms with Gasteiger partial charge >= 0.3 is 12.6 Å². The molecule has 8 rings (SSSR count). The zero-order valence-corrected chi connectivity index (χ0v) is 18.0. The van der Waals surface area contributed by atoms with Crippen LogP contribution in [0, 0.1) is 0 Å². The van der Waals surface area contributed by atoms with Gasteiger partial charge in [-0.25, -0.2) is 0 Å². The number of ether oxygens (including phenoxy) is 4. The second kappa shape index (κ2) is 6.55. The van der Waals surface area contributed by atoms with E-state index in [1.165, 1.54) is 0 Å². The first-order chi connectivity index (χ1) is 16.9. The van der Waals surface area contributed by atoms with E-state index in [9.17, 15) is 0 Å². The van der Waals surface area contributed by atoms with Crippen LogP contribution in [0.2, 0.25) is 0 Å². The maximum Gasteiger partial charge on any atom is 0.316 e. The summed E-state index contributed by atoms with van der Waals surface area (Å²) < 4.78 is 26.0. The monoisotopic (exact) mass is 442 g/mol. The van der Waals surface area contributed by atoms with E-state index in [1.54, 1.807) is 0 Å². The third kappa shape index (κ3) is 2.32. The topological polar surface area (TPSA) is 36.9 Å². The van der Waals surface area contributed by atoms with Crippen molar-refractivity contribution in [3.63, 3.8) is 0 Å². The Morgan fingerprint density at radius 2 is 0.500 bits per heavy atom. The van der Waals surface area contributed by atoms with E-state index in [1.807, 2.05) is 48.5 Å². The normalized spacial score (nSPS) is 18.4. The van der Waals surface area contributed by atoms with Gasteiger partial charge in [0.25, 0.3) is 0 Å². The minimum absolute atomic E-state index is 0.688. The Labute approximate surface area is 194 Å². The first-order valence-corrected chi connectivity index (χ1v) is 11.4. The second-order valence-corrected chi connectivity index (χ2v) is 8.71. The smallest absolute Gasteiger partial charge is 0.316 e. The summed E-state index contributed by atoms with van der Waals surface area (Å²) in [6.07, 6.45) is -1.46. The van der Waals surface area contributed by atoms with Crippen LogP contribution in [0.4, 0.5) is 0 Å². The highest BCUT2D eigenvalue weighted by Crippen LogP contribution is 2.51. The lowest BCUT2D eigenvalue weighted by molar-refractivity contribution is -0.186. The Balaban J connectivity index is 1.36. The Kier molecular flexibility index (Phi) is 3.47. The molecule has 0 atom stereocenters. The van der Waals surface area contributed by atoms with Crippen LogP contribution in [0.25, 0.3) is 43.1 Å². The number of hydrogen-bond acceptors (Lipinski definition) is 4. The average Bonchev–Trinajstić information content (AvgIpc) is 2.91. The Bertz CT molecular complexity index is 1530. The molecule has 0 spiro atoms. The molecule has 0 aliphatic carbocycles. The van der Waals surface area contributed by atoms with E-state index in [0.717, 1.165) is 43.1 Å². The summed E-state index contributed by atoms with van der Waals surface area (Å²) in [6, 6.07) is 32.9. The zero-order valence-electron chi connectivity index (χ0n) is 18.0. The Hall–Kier alpha value is -4.44. The molecule has 0 amide bonds. The lowest BCUT2D eigenvalue weighted by Crippen LogP contribution is -2.49. The minimum Gasteiger partial charge on any atom is -0.443 e. The summed E-state index contributed by atoms with van der Waals surface area (Å²) in [4.78, 5) is 0. The molecule has 2 heterocycles. The molecular weight excluding hydrogens is 424 g/mol. The number of benzene rings is 6. The Morgan fingerprint density at radius 3 is 0.735 bits per heavy atom. The largest absolute Gasteiger partial charge is 0.443 e. The number of hydrogen-bond donors (Lipinski definition) is 0. The van der Waals surface area contributed by atoms with Crippen molar-refractivity contribution in [1.82, 2.24) is 0 Å². The summed E-state index contributed by atoms with van der Waals surface area (Å²) >= 11 is 0. The fraction of sp³-hybridized carbons (Fsp3) is 0.0667. The van der Waals surface area contributed by atoms with Gasteiger partial charge in [-0.2, -0.15) is 0 Å². The van der Waals surface area contributed by atoms with Crippen molar-refractivity contribution < 1.29 is 18.9 Å². The predicted molar refractivity (Wildman–Crippen MR) is 133 cm³/mol. The molecule has 0 fully saturated rings. The molecular formula is C30H18O4. The third-order valence-electron chi connectivity index (χ3n) is 6.84. The van der Waals surface area contributed by atoms with Crippen LogP contribution in [0.15, 0.2) is 97.1 Å². The molecule has 2 aliphatic heterocycles. The molecule has 0 N–H and O–H groups in total. The molecule has 0 bridgehead atoms. The van der Waals surface area contributed by atoms with Gasteiger partial charge in [-0.3, -0.25) is 0 Å². The van der Waals surface area contributed by atoms with Gasteiger partial charge in [0.05, 0.1) is 0 Å². The third-order valence-corrected chi connectivity index (χ3v) is 6.84. The van der Waals surface area contributed by atoms with E-state index in [4.69, 9.17) is 18.9 Å². The van der Waals surface area contributed by atoms with Crippen LogP contribution < -0.4 is 18.9 Å². The van der Waals surface area contributed by atoms with Gasteiger partial charge in [-0.05, 0) is 21.5 Å². The summed E-state index contributed by atoms with van der Waals surface area (Å²) in [5.41, 5.74) is 0. The van der Waals surface area contributed by atoms with E-state index in [-0.39, 0.29) is 0 Å². The van der Waals surface area contributed by atoms with Crippen molar-refractivity contribution >= 4 is 43.1 Å². The molecule has 0 saturated carbocycles. The molecule has 0 saturated heterocycles. The SMILES string of the molecule is c1ccc2c(c1)c1c(c3ccccc32)OC2Oc3c(c4ccccc4c4ccccc34)OC2O1. The molecule has 4 nitrogen and oxygen atoms in total. The van der Waals surface area contributed by atoms with Gasteiger partial charge in [-0.1, -0.05) is 97.1 Å². The standard InChI is InChI=1S/C30H18O4/c1-5-13-21-17(9-1)18-10-2-6-14-22(18)26-25(21)31-29-30(32-26)34-28-24-16-8-4-12-20(24)19-11-3-7-15-23(19)27(28)33-29/h1-16,29-30H.